The SMILES string of the molecule is C.C.C.C.C.CC(C)=O.CCC.CNC.COC.CSC. The van der Waals surface area contributed by atoms with Crippen molar-refractivity contribution >= 4 is 17.5 Å². The van der Waals surface area contributed by atoms with Gasteiger partial charge in [-0.2, -0.15) is 11.8 Å². The van der Waals surface area contributed by atoms with E-state index in [2.05, 4.69) is 23.9 Å². The molecule has 0 fully saturated rings. The Balaban J connectivity index is -0.00000000854. The van der Waals surface area contributed by atoms with Gasteiger partial charge in [-0.1, -0.05) is 57.4 Å². The van der Waals surface area contributed by atoms with Crippen LogP contribution in [0, 0.1) is 0 Å². The van der Waals surface area contributed by atoms with E-state index in [0.29, 0.717) is 0 Å². The molecule has 0 aromatic carbocycles. The fourth-order valence-corrected chi connectivity index (χ4v) is 0. The van der Waals surface area contributed by atoms with Crippen molar-refractivity contribution in [3.63, 3.8) is 0 Å². The lowest BCUT2D eigenvalue weighted by atomic mass is 10.6. The first-order chi connectivity index (χ1) is 7.39. The molecule has 0 unspecified atom stereocenters. The van der Waals surface area contributed by atoms with Crippen LogP contribution in [-0.2, 0) is 9.53 Å². The summed E-state index contributed by atoms with van der Waals surface area (Å²) in [5.74, 6) is 0.167. The number of hydrogen-bond acceptors (Lipinski definition) is 4. The monoisotopic (exact) mass is 335 g/mol. The molecule has 0 bridgehead atoms. The molecule has 0 saturated heterocycles. The van der Waals surface area contributed by atoms with E-state index in [-0.39, 0.29) is 42.9 Å². The zero-order valence-electron chi connectivity index (χ0n) is 12.9. The van der Waals surface area contributed by atoms with Crippen LogP contribution in [-0.4, -0.2) is 46.6 Å². The molecule has 0 spiro atoms. The second-order valence-electron chi connectivity index (χ2n) is 2.93. The molecule has 4 heteroatoms. The van der Waals surface area contributed by atoms with Crippen molar-refractivity contribution in [1.29, 1.82) is 0 Å². The molecule has 0 saturated carbocycles. The molecule has 0 aliphatic rings. The number of rotatable bonds is 0. The van der Waals surface area contributed by atoms with E-state index in [0.717, 1.165) is 0 Å². The Kier molecular flexibility index (Phi) is 492. The number of Topliss-reactive ketones (excluding diaryl/α,β-unsaturated/α-hetero) is 1. The van der Waals surface area contributed by atoms with E-state index in [9.17, 15) is 4.79 Å². The van der Waals surface area contributed by atoms with Gasteiger partial charge in [0.1, 0.15) is 5.78 Å². The first-order valence-corrected chi connectivity index (χ1v) is 6.88. The average Bonchev–Trinajstić information content (AvgIpc) is 2.06. The quantitative estimate of drug-likeness (QED) is 0.566. The van der Waals surface area contributed by atoms with Gasteiger partial charge in [0.15, 0.2) is 0 Å². The number of ether oxygens (including phenoxy) is 1. The second-order valence-corrected chi connectivity index (χ2v) is 3.75. The van der Waals surface area contributed by atoms with Gasteiger partial charge in [0.05, 0.1) is 0 Å². The Bertz CT molecular complexity index is 71.2. The largest absolute Gasteiger partial charge is 0.388 e. The number of carbonyl (C=O) groups is 1. The predicted octanol–water partition coefficient (Wildman–Crippen LogP) is 6.27. The summed E-state index contributed by atoms with van der Waals surface area (Å²) in [5, 5.41) is 2.75. The summed E-state index contributed by atoms with van der Waals surface area (Å²) in [5.41, 5.74) is 0. The molecule has 0 amide bonds. The lowest BCUT2D eigenvalue weighted by molar-refractivity contribution is -0.114. The van der Waals surface area contributed by atoms with Gasteiger partial charge >= 0.3 is 0 Å². The summed E-state index contributed by atoms with van der Waals surface area (Å²) < 4.78 is 4.25. The van der Waals surface area contributed by atoms with Gasteiger partial charge in [0.25, 0.3) is 0 Å². The Hall–Kier alpha value is -0.0600. The molecule has 0 aliphatic heterocycles. The number of ketones is 1. The second kappa shape index (κ2) is 149. The number of methoxy groups -OCH3 is 1. The van der Waals surface area contributed by atoms with Crippen molar-refractivity contribution in [2.45, 2.75) is 71.2 Å². The molecular formula is C17H53NO2S. The van der Waals surface area contributed by atoms with Crippen molar-refractivity contribution in [3.8, 4) is 0 Å². The summed E-state index contributed by atoms with van der Waals surface area (Å²) in [4.78, 5) is 9.44. The molecule has 0 aliphatic carbocycles. The molecule has 0 radical (unpaired) electrons. The first-order valence-electron chi connectivity index (χ1n) is 5.25. The maximum absolute atomic E-state index is 9.44. The van der Waals surface area contributed by atoms with Crippen LogP contribution >= 0.6 is 11.8 Å². The van der Waals surface area contributed by atoms with Gasteiger partial charge in [-0.05, 0) is 40.5 Å². The maximum atomic E-state index is 9.44. The van der Waals surface area contributed by atoms with Crippen LogP contribution in [0.15, 0.2) is 0 Å². The van der Waals surface area contributed by atoms with Gasteiger partial charge in [-0.3, -0.25) is 0 Å². The highest BCUT2D eigenvalue weighted by Crippen LogP contribution is 1.70. The molecule has 0 aromatic rings. The third-order valence-corrected chi connectivity index (χ3v) is 0. The minimum absolute atomic E-state index is 0. The van der Waals surface area contributed by atoms with Crippen molar-refractivity contribution in [2.75, 3.05) is 40.8 Å². The maximum Gasteiger partial charge on any atom is 0.126 e. The highest BCUT2D eigenvalue weighted by atomic mass is 32.2. The summed E-state index contributed by atoms with van der Waals surface area (Å²) in [6, 6.07) is 0. The van der Waals surface area contributed by atoms with Crippen molar-refractivity contribution in [1.82, 2.24) is 5.32 Å². The number of thioether (sulfide) groups is 1. The van der Waals surface area contributed by atoms with Gasteiger partial charge in [-0.15, -0.1) is 0 Å². The summed E-state index contributed by atoms with van der Waals surface area (Å²) in [6.45, 7) is 7.31. The molecule has 144 valence electrons. The number of carbonyl (C=O) groups excluding carboxylic acids is 1. The zero-order chi connectivity index (χ0) is 14.4. The number of hydrogen-bond donors (Lipinski definition) is 1. The van der Waals surface area contributed by atoms with Crippen molar-refractivity contribution < 1.29 is 9.53 Å². The van der Waals surface area contributed by atoms with Crippen molar-refractivity contribution in [2.24, 2.45) is 0 Å². The van der Waals surface area contributed by atoms with Gasteiger partial charge in [0, 0.05) is 14.2 Å². The van der Waals surface area contributed by atoms with Crippen molar-refractivity contribution in [3.05, 3.63) is 0 Å². The topological polar surface area (TPSA) is 38.3 Å². The molecule has 3 nitrogen and oxygen atoms in total. The smallest absolute Gasteiger partial charge is 0.126 e. The van der Waals surface area contributed by atoms with E-state index in [4.69, 9.17) is 0 Å². The van der Waals surface area contributed by atoms with E-state index in [1.165, 1.54) is 20.3 Å². The van der Waals surface area contributed by atoms with Gasteiger partial charge in [-0.25, -0.2) is 0 Å². The van der Waals surface area contributed by atoms with E-state index in [1.54, 1.807) is 26.0 Å². The van der Waals surface area contributed by atoms with E-state index >= 15 is 0 Å². The fourth-order valence-electron chi connectivity index (χ4n) is 0. The highest BCUT2D eigenvalue weighted by molar-refractivity contribution is 7.97. The molecule has 0 aromatic heterocycles. The Morgan fingerprint density at radius 1 is 0.905 bits per heavy atom. The molecule has 21 heavy (non-hydrogen) atoms. The standard InChI is InChI=1S/C3H6O.C3H8.C2H7N.C2H6O.C2H6S.5CH4/c1-3(2)4;4*1-3-2;;;;;/h1-2H3;3H2,1-2H3;3H,1-2H3;2*1-2H3;5*1H4. The molecule has 0 rings (SSSR count). The van der Waals surface area contributed by atoms with Crippen LogP contribution < -0.4 is 5.32 Å². The minimum Gasteiger partial charge on any atom is -0.388 e. The third-order valence-electron chi connectivity index (χ3n) is 0. The minimum atomic E-state index is 0. The lowest BCUT2D eigenvalue weighted by Crippen LogP contribution is -1.89. The first kappa shape index (κ1) is 69.6. The normalized spacial score (nSPS) is 4.67. The van der Waals surface area contributed by atoms with Crippen LogP contribution in [0.1, 0.15) is 71.2 Å². The van der Waals surface area contributed by atoms with Gasteiger partial charge < -0.3 is 14.8 Å². The van der Waals surface area contributed by atoms with Crippen LogP contribution in [0.2, 0.25) is 0 Å². The Morgan fingerprint density at radius 3 is 0.905 bits per heavy atom. The zero-order valence-corrected chi connectivity index (χ0v) is 13.7. The van der Waals surface area contributed by atoms with Crippen LogP contribution in [0.3, 0.4) is 0 Å². The number of nitrogens with one attached hydrogen (secondary N) is 1. The highest BCUT2D eigenvalue weighted by Gasteiger charge is 1.62. The van der Waals surface area contributed by atoms with E-state index in [1.807, 2.05) is 26.6 Å². The summed E-state index contributed by atoms with van der Waals surface area (Å²) in [6.07, 6.45) is 5.33. The summed E-state index contributed by atoms with van der Waals surface area (Å²) in [7, 11) is 7.00. The lowest BCUT2D eigenvalue weighted by Gasteiger charge is -1.61. The molecular weight excluding hydrogens is 282 g/mol. The molecule has 0 heterocycles. The fraction of sp³-hybridized carbons (Fsp3) is 0.941. The molecule has 0 atom stereocenters. The Labute approximate surface area is 145 Å². The molecule has 1 N–H and O–H groups in total. The summed E-state index contributed by atoms with van der Waals surface area (Å²) >= 11 is 1.75. The third kappa shape index (κ3) is 1780000. The van der Waals surface area contributed by atoms with E-state index < -0.39 is 0 Å². The van der Waals surface area contributed by atoms with Crippen LogP contribution in [0.25, 0.3) is 0 Å². The Morgan fingerprint density at radius 2 is 0.905 bits per heavy atom. The van der Waals surface area contributed by atoms with Crippen LogP contribution in [0.4, 0.5) is 0 Å². The average molecular weight is 336 g/mol. The van der Waals surface area contributed by atoms with Crippen LogP contribution in [0.5, 0.6) is 0 Å². The predicted molar refractivity (Wildman–Crippen MR) is 113 cm³/mol. The van der Waals surface area contributed by atoms with Gasteiger partial charge in [0.2, 0.25) is 0 Å².